The molecule has 142 valence electrons. The number of piperidine rings is 2. The first-order chi connectivity index (χ1) is 11.1. The van der Waals surface area contributed by atoms with Crippen molar-refractivity contribution in [2.75, 3.05) is 40.8 Å². The van der Waals surface area contributed by atoms with Crippen molar-refractivity contribution in [1.82, 2.24) is 20.4 Å². The molecule has 0 saturated carbocycles. The zero-order valence-corrected chi connectivity index (χ0v) is 18.4. The minimum atomic E-state index is 0. The number of rotatable bonds is 7. The predicted molar refractivity (Wildman–Crippen MR) is 115 cm³/mol. The first-order valence-corrected chi connectivity index (χ1v) is 9.51. The van der Waals surface area contributed by atoms with E-state index in [1.165, 1.54) is 51.5 Å². The van der Waals surface area contributed by atoms with Gasteiger partial charge in [0.25, 0.3) is 0 Å². The Morgan fingerprint density at radius 1 is 1.21 bits per heavy atom. The summed E-state index contributed by atoms with van der Waals surface area (Å²) in [5.41, 5.74) is 0. The Kier molecular flexibility index (Phi) is 10.5. The van der Waals surface area contributed by atoms with Crippen molar-refractivity contribution >= 4 is 29.9 Å². The fraction of sp³-hybridized carbons (Fsp3) is 0.944. The van der Waals surface area contributed by atoms with Crippen LogP contribution >= 0.6 is 24.0 Å². The van der Waals surface area contributed by atoms with Gasteiger partial charge in [0.05, 0.1) is 0 Å². The van der Waals surface area contributed by atoms with Gasteiger partial charge in [-0.3, -0.25) is 4.99 Å². The van der Waals surface area contributed by atoms with Gasteiger partial charge < -0.3 is 20.4 Å². The molecule has 5 nitrogen and oxygen atoms in total. The van der Waals surface area contributed by atoms with Gasteiger partial charge in [0.1, 0.15) is 0 Å². The van der Waals surface area contributed by atoms with E-state index >= 15 is 0 Å². The van der Waals surface area contributed by atoms with Crippen LogP contribution in [0, 0.1) is 0 Å². The van der Waals surface area contributed by atoms with E-state index in [-0.39, 0.29) is 24.0 Å². The SMILES string of the molecule is CCCCN(C)CCNC(=NC)NC1CC2CCCC(C1)N2C.I. The monoisotopic (exact) mass is 451 g/mol. The quantitative estimate of drug-likeness (QED) is 0.355. The third kappa shape index (κ3) is 6.67. The number of fused-ring (bicyclic) bond motifs is 2. The van der Waals surface area contributed by atoms with E-state index in [2.05, 4.69) is 46.4 Å². The zero-order valence-electron chi connectivity index (χ0n) is 16.1. The number of aliphatic imine (C=N–C) groups is 1. The Hall–Kier alpha value is -0.0800. The molecule has 0 aromatic rings. The maximum atomic E-state index is 4.42. The van der Waals surface area contributed by atoms with Crippen molar-refractivity contribution in [1.29, 1.82) is 0 Å². The smallest absolute Gasteiger partial charge is 0.191 e. The van der Waals surface area contributed by atoms with Crippen LogP contribution < -0.4 is 10.6 Å². The van der Waals surface area contributed by atoms with Crippen molar-refractivity contribution in [3.63, 3.8) is 0 Å². The molecule has 2 aliphatic heterocycles. The third-order valence-corrected chi connectivity index (χ3v) is 5.58. The standard InChI is InChI=1S/C18H37N5.HI/c1-5-6-11-22(3)12-10-20-18(19-2)21-15-13-16-8-7-9-17(14-15)23(16)4;/h15-17H,5-14H2,1-4H3,(H2,19,20,21);1H. The summed E-state index contributed by atoms with van der Waals surface area (Å²) >= 11 is 0. The van der Waals surface area contributed by atoms with Gasteiger partial charge in [0.2, 0.25) is 0 Å². The maximum Gasteiger partial charge on any atom is 0.191 e. The Labute approximate surface area is 166 Å². The van der Waals surface area contributed by atoms with E-state index in [0.717, 1.165) is 31.1 Å². The lowest BCUT2D eigenvalue weighted by atomic mass is 9.82. The summed E-state index contributed by atoms with van der Waals surface area (Å²) in [6, 6.07) is 2.10. The lowest BCUT2D eigenvalue weighted by Gasteiger charge is -2.47. The molecular formula is C18H38IN5. The average Bonchev–Trinajstić information content (AvgIpc) is 2.52. The van der Waals surface area contributed by atoms with Crippen LogP contribution in [0.25, 0.3) is 0 Å². The molecule has 0 aromatic carbocycles. The Balaban J connectivity index is 0.00000288. The molecule has 2 rings (SSSR count). The molecule has 2 heterocycles. The molecule has 24 heavy (non-hydrogen) atoms. The first kappa shape index (κ1) is 22.0. The Bertz CT molecular complexity index is 362. The van der Waals surface area contributed by atoms with Crippen LogP contribution in [-0.4, -0.2) is 74.7 Å². The Morgan fingerprint density at radius 3 is 2.46 bits per heavy atom. The summed E-state index contributed by atoms with van der Waals surface area (Å²) in [7, 11) is 6.39. The molecule has 2 bridgehead atoms. The van der Waals surface area contributed by atoms with E-state index in [0.29, 0.717) is 6.04 Å². The first-order valence-electron chi connectivity index (χ1n) is 9.51. The van der Waals surface area contributed by atoms with E-state index in [1.807, 2.05) is 7.05 Å². The normalized spacial score (nSPS) is 27.7. The van der Waals surface area contributed by atoms with E-state index in [9.17, 15) is 0 Å². The number of hydrogen-bond donors (Lipinski definition) is 2. The van der Waals surface area contributed by atoms with Gasteiger partial charge in [0.15, 0.2) is 5.96 Å². The number of hydrogen-bond acceptors (Lipinski definition) is 3. The average molecular weight is 451 g/mol. The van der Waals surface area contributed by atoms with Crippen LogP contribution in [0.5, 0.6) is 0 Å². The minimum absolute atomic E-state index is 0. The highest BCUT2D eigenvalue weighted by atomic mass is 127. The highest BCUT2D eigenvalue weighted by Crippen LogP contribution is 2.32. The van der Waals surface area contributed by atoms with Gasteiger partial charge in [-0.1, -0.05) is 19.8 Å². The third-order valence-electron chi connectivity index (χ3n) is 5.58. The van der Waals surface area contributed by atoms with Gasteiger partial charge in [-0.05, 0) is 52.7 Å². The summed E-state index contributed by atoms with van der Waals surface area (Å²) in [4.78, 5) is 9.42. The van der Waals surface area contributed by atoms with E-state index in [4.69, 9.17) is 0 Å². The fourth-order valence-electron chi connectivity index (χ4n) is 4.03. The number of unbranched alkanes of at least 4 members (excludes halogenated alkanes) is 1. The minimum Gasteiger partial charge on any atom is -0.355 e. The molecular weight excluding hydrogens is 413 g/mol. The molecule has 2 N–H and O–H groups in total. The van der Waals surface area contributed by atoms with Gasteiger partial charge >= 0.3 is 0 Å². The molecule has 2 atom stereocenters. The van der Waals surface area contributed by atoms with Crippen molar-refractivity contribution in [2.45, 2.75) is 70.0 Å². The number of nitrogens with zero attached hydrogens (tertiary/aromatic N) is 3. The molecule has 0 amide bonds. The van der Waals surface area contributed by atoms with Crippen LogP contribution in [0.1, 0.15) is 51.9 Å². The molecule has 2 unspecified atom stereocenters. The highest BCUT2D eigenvalue weighted by Gasteiger charge is 2.36. The molecule has 0 spiro atoms. The van der Waals surface area contributed by atoms with Crippen LogP contribution in [0.2, 0.25) is 0 Å². The van der Waals surface area contributed by atoms with Crippen molar-refractivity contribution in [2.24, 2.45) is 4.99 Å². The van der Waals surface area contributed by atoms with Gasteiger partial charge in [0, 0.05) is 38.3 Å². The topological polar surface area (TPSA) is 42.9 Å². The largest absolute Gasteiger partial charge is 0.355 e. The molecule has 0 radical (unpaired) electrons. The summed E-state index contributed by atoms with van der Waals surface area (Å²) in [6.45, 7) is 5.45. The van der Waals surface area contributed by atoms with Crippen molar-refractivity contribution in [3.8, 4) is 0 Å². The molecule has 0 aromatic heterocycles. The maximum absolute atomic E-state index is 4.42. The number of halogens is 1. The van der Waals surface area contributed by atoms with Crippen LogP contribution in [-0.2, 0) is 0 Å². The van der Waals surface area contributed by atoms with Crippen molar-refractivity contribution in [3.05, 3.63) is 0 Å². The number of likely N-dealkylation sites (N-methyl/N-ethyl adjacent to an activating group) is 1. The van der Waals surface area contributed by atoms with Crippen molar-refractivity contribution < 1.29 is 0 Å². The lowest BCUT2D eigenvalue weighted by molar-refractivity contribution is 0.0526. The predicted octanol–water partition coefficient (Wildman–Crippen LogP) is 2.52. The second-order valence-corrected chi connectivity index (χ2v) is 7.37. The Morgan fingerprint density at radius 2 is 1.88 bits per heavy atom. The van der Waals surface area contributed by atoms with Crippen LogP contribution in [0.3, 0.4) is 0 Å². The highest BCUT2D eigenvalue weighted by molar-refractivity contribution is 14.0. The summed E-state index contributed by atoms with van der Waals surface area (Å²) in [5, 5.41) is 7.15. The van der Waals surface area contributed by atoms with E-state index < -0.39 is 0 Å². The van der Waals surface area contributed by atoms with Crippen LogP contribution in [0.15, 0.2) is 4.99 Å². The number of nitrogens with one attached hydrogen (secondary N) is 2. The summed E-state index contributed by atoms with van der Waals surface area (Å²) in [6.07, 6.45) is 9.18. The molecule has 6 heteroatoms. The molecule has 2 saturated heterocycles. The van der Waals surface area contributed by atoms with Crippen LogP contribution in [0.4, 0.5) is 0 Å². The van der Waals surface area contributed by atoms with Gasteiger partial charge in [-0.25, -0.2) is 0 Å². The molecule has 2 fully saturated rings. The summed E-state index contributed by atoms with van der Waals surface area (Å²) < 4.78 is 0. The number of guanidine groups is 1. The summed E-state index contributed by atoms with van der Waals surface area (Å²) in [5.74, 6) is 0.974. The fourth-order valence-corrected chi connectivity index (χ4v) is 4.03. The zero-order chi connectivity index (χ0) is 16.7. The van der Waals surface area contributed by atoms with E-state index in [1.54, 1.807) is 0 Å². The lowest BCUT2D eigenvalue weighted by Crippen LogP contribution is -2.56. The molecule has 0 aliphatic carbocycles. The van der Waals surface area contributed by atoms with Gasteiger partial charge in [-0.2, -0.15) is 0 Å². The molecule has 2 aliphatic rings. The second kappa shape index (κ2) is 11.5. The second-order valence-electron chi connectivity index (χ2n) is 7.37. The van der Waals surface area contributed by atoms with Gasteiger partial charge in [-0.15, -0.1) is 24.0 Å².